The van der Waals surface area contributed by atoms with Gasteiger partial charge in [0.1, 0.15) is 6.10 Å². The van der Waals surface area contributed by atoms with Crippen LogP contribution in [0.2, 0.25) is 0 Å². The quantitative estimate of drug-likeness (QED) is 0.776. The Labute approximate surface area is 150 Å². The molecule has 128 valence electrons. The van der Waals surface area contributed by atoms with Crippen LogP contribution in [-0.2, 0) is 11.3 Å². The fourth-order valence-corrected chi connectivity index (χ4v) is 2.93. The average Bonchev–Trinajstić information content (AvgIpc) is 2.59. The Morgan fingerprint density at radius 1 is 1.04 bits per heavy atom. The Morgan fingerprint density at radius 2 is 1.67 bits per heavy atom. The summed E-state index contributed by atoms with van der Waals surface area (Å²) in [6, 6.07) is 17.9. The number of carbonyl (C=O) groups is 1. The van der Waals surface area contributed by atoms with Crippen molar-refractivity contribution in [3.05, 3.63) is 71.3 Å². The maximum Gasteiger partial charge on any atom is 0.338 e. The predicted octanol–water partition coefficient (Wildman–Crippen LogP) is 4.24. The van der Waals surface area contributed by atoms with E-state index in [4.69, 9.17) is 4.74 Å². The Morgan fingerprint density at radius 3 is 2.29 bits per heavy atom. The molecule has 3 nitrogen and oxygen atoms in total. The van der Waals surface area contributed by atoms with Gasteiger partial charge >= 0.3 is 5.97 Å². The van der Waals surface area contributed by atoms with Crippen molar-refractivity contribution >= 4 is 18.4 Å². The average molecular weight is 346 g/mol. The summed E-state index contributed by atoms with van der Waals surface area (Å²) in [6.45, 7) is 5.03. The molecule has 24 heavy (non-hydrogen) atoms. The normalized spacial score (nSPS) is 15.5. The molecule has 3 rings (SSSR count). The third-order valence-corrected chi connectivity index (χ3v) is 4.34. The van der Waals surface area contributed by atoms with Crippen molar-refractivity contribution in [1.82, 2.24) is 4.90 Å². The van der Waals surface area contributed by atoms with E-state index < -0.39 is 0 Å². The van der Waals surface area contributed by atoms with Gasteiger partial charge in [-0.2, -0.15) is 0 Å². The first-order valence-electron chi connectivity index (χ1n) is 8.24. The minimum absolute atomic E-state index is 0. The van der Waals surface area contributed by atoms with Crippen molar-refractivity contribution in [2.75, 3.05) is 13.1 Å². The van der Waals surface area contributed by atoms with Crippen LogP contribution >= 0.6 is 12.4 Å². The van der Waals surface area contributed by atoms with Gasteiger partial charge in [-0.15, -0.1) is 12.4 Å². The first kappa shape index (κ1) is 18.5. The first-order valence-corrected chi connectivity index (χ1v) is 8.24. The van der Waals surface area contributed by atoms with Gasteiger partial charge in [0.2, 0.25) is 0 Å². The maximum atomic E-state index is 12.1. The third-order valence-electron chi connectivity index (χ3n) is 4.34. The number of halogens is 1. The van der Waals surface area contributed by atoms with Gasteiger partial charge in [-0.3, -0.25) is 4.90 Å². The molecular weight excluding hydrogens is 322 g/mol. The minimum atomic E-state index is -0.206. The SMILES string of the molecule is Cc1ccc(CN2CCC(OC(=O)c3ccccc3)CC2)cc1.Cl. The van der Waals surface area contributed by atoms with E-state index in [2.05, 4.69) is 36.1 Å². The molecule has 0 bridgehead atoms. The minimum Gasteiger partial charge on any atom is -0.459 e. The van der Waals surface area contributed by atoms with Crippen LogP contribution in [0.4, 0.5) is 0 Å². The highest BCUT2D eigenvalue weighted by atomic mass is 35.5. The van der Waals surface area contributed by atoms with E-state index >= 15 is 0 Å². The molecule has 4 heteroatoms. The second-order valence-electron chi connectivity index (χ2n) is 6.23. The molecule has 0 radical (unpaired) electrons. The molecule has 0 spiro atoms. The van der Waals surface area contributed by atoms with E-state index in [0.717, 1.165) is 32.5 Å². The van der Waals surface area contributed by atoms with E-state index in [0.29, 0.717) is 5.56 Å². The Hall–Kier alpha value is -1.84. The van der Waals surface area contributed by atoms with E-state index in [1.165, 1.54) is 11.1 Å². The van der Waals surface area contributed by atoms with Crippen LogP contribution in [0.15, 0.2) is 54.6 Å². The number of hydrogen-bond donors (Lipinski definition) is 0. The Balaban J connectivity index is 0.00000208. The molecule has 1 aliphatic rings. The van der Waals surface area contributed by atoms with Gasteiger partial charge in [0, 0.05) is 19.6 Å². The summed E-state index contributed by atoms with van der Waals surface area (Å²) in [6.07, 6.45) is 1.85. The smallest absolute Gasteiger partial charge is 0.338 e. The predicted molar refractivity (Wildman–Crippen MR) is 98.6 cm³/mol. The van der Waals surface area contributed by atoms with Gasteiger partial charge in [0.25, 0.3) is 0 Å². The summed E-state index contributed by atoms with van der Waals surface area (Å²) in [7, 11) is 0. The molecule has 0 amide bonds. The first-order chi connectivity index (χ1) is 11.2. The highest BCUT2D eigenvalue weighted by molar-refractivity contribution is 5.89. The number of aryl methyl sites for hydroxylation is 1. The molecule has 0 saturated carbocycles. The van der Waals surface area contributed by atoms with Crippen molar-refractivity contribution < 1.29 is 9.53 Å². The Bertz CT molecular complexity index is 634. The van der Waals surface area contributed by atoms with Gasteiger partial charge in [0.05, 0.1) is 5.56 Å². The van der Waals surface area contributed by atoms with Crippen molar-refractivity contribution in [1.29, 1.82) is 0 Å². The molecule has 1 heterocycles. The summed E-state index contributed by atoms with van der Waals surface area (Å²) in [5.74, 6) is -0.206. The molecule has 2 aromatic carbocycles. The number of ether oxygens (including phenoxy) is 1. The number of esters is 1. The molecular formula is C20H24ClNO2. The fourth-order valence-electron chi connectivity index (χ4n) is 2.93. The largest absolute Gasteiger partial charge is 0.459 e. The van der Waals surface area contributed by atoms with Crippen LogP contribution in [0, 0.1) is 6.92 Å². The van der Waals surface area contributed by atoms with Crippen molar-refractivity contribution in [3.8, 4) is 0 Å². The highest BCUT2D eigenvalue weighted by Gasteiger charge is 2.22. The second kappa shape index (κ2) is 8.86. The topological polar surface area (TPSA) is 29.5 Å². The fraction of sp³-hybridized carbons (Fsp3) is 0.350. The maximum absolute atomic E-state index is 12.1. The molecule has 1 saturated heterocycles. The Kier molecular flexibility index (Phi) is 6.83. The van der Waals surface area contributed by atoms with Gasteiger partial charge in [-0.1, -0.05) is 48.0 Å². The highest BCUT2D eigenvalue weighted by Crippen LogP contribution is 2.18. The summed E-state index contributed by atoms with van der Waals surface area (Å²) >= 11 is 0. The summed E-state index contributed by atoms with van der Waals surface area (Å²) < 4.78 is 5.63. The van der Waals surface area contributed by atoms with Gasteiger partial charge in [-0.05, 0) is 37.5 Å². The number of nitrogens with zero attached hydrogens (tertiary/aromatic N) is 1. The standard InChI is InChI=1S/C20H23NO2.ClH/c1-16-7-9-17(10-8-16)15-21-13-11-19(12-14-21)23-20(22)18-5-3-2-4-6-18;/h2-10,19H,11-15H2,1H3;1H. The van der Waals surface area contributed by atoms with Crippen molar-refractivity contribution in [2.45, 2.75) is 32.4 Å². The van der Waals surface area contributed by atoms with Crippen molar-refractivity contribution in [3.63, 3.8) is 0 Å². The lowest BCUT2D eigenvalue weighted by Crippen LogP contribution is -2.37. The second-order valence-corrected chi connectivity index (χ2v) is 6.23. The van der Waals surface area contributed by atoms with Gasteiger partial charge in [-0.25, -0.2) is 4.79 Å². The zero-order chi connectivity index (χ0) is 16.1. The molecule has 0 aliphatic carbocycles. The van der Waals surface area contributed by atoms with Crippen molar-refractivity contribution in [2.24, 2.45) is 0 Å². The van der Waals surface area contributed by atoms with E-state index in [1.54, 1.807) is 12.1 Å². The molecule has 0 aromatic heterocycles. The van der Waals surface area contributed by atoms with Crippen LogP contribution in [0.3, 0.4) is 0 Å². The lowest BCUT2D eigenvalue weighted by molar-refractivity contribution is 0.0104. The zero-order valence-corrected chi connectivity index (χ0v) is 14.8. The number of rotatable bonds is 4. The van der Waals surface area contributed by atoms with Crippen LogP contribution in [0.1, 0.15) is 34.3 Å². The number of likely N-dealkylation sites (tertiary alicyclic amines) is 1. The molecule has 1 aliphatic heterocycles. The van der Waals surface area contributed by atoms with Crippen LogP contribution in [0.25, 0.3) is 0 Å². The summed E-state index contributed by atoms with van der Waals surface area (Å²) in [5, 5.41) is 0. The number of hydrogen-bond acceptors (Lipinski definition) is 3. The van der Waals surface area contributed by atoms with E-state index in [1.807, 2.05) is 18.2 Å². The van der Waals surface area contributed by atoms with Gasteiger partial charge < -0.3 is 4.74 Å². The van der Waals surface area contributed by atoms with Crippen LogP contribution in [-0.4, -0.2) is 30.1 Å². The molecule has 2 aromatic rings. The third kappa shape index (κ3) is 5.08. The lowest BCUT2D eigenvalue weighted by Gasteiger charge is -2.31. The molecule has 0 atom stereocenters. The number of carbonyl (C=O) groups excluding carboxylic acids is 1. The molecule has 0 unspecified atom stereocenters. The lowest BCUT2D eigenvalue weighted by atomic mass is 10.1. The zero-order valence-electron chi connectivity index (χ0n) is 14.0. The summed E-state index contributed by atoms with van der Waals surface area (Å²) in [5.41, 5.74) is 3.27. The van der Waals surface area contributed by atoms with Gasteiger partial charge in [0.15, 0.2) is 0 Å². The van der Waals surface area contributed by atoms with Crippen LogP contribution < -0.4 is 0 Å². The van der Waals surface area contributed by atoms with E-state index in [-0.39, 0.29) is 24.5 Å². The number of benzene rings is 2. The summed E-state index contributed by atoms with van der Waals surface area (Å²) in [4.78, 5) is 14.5. The van der Waals surface area contributed by atoms with E-state index in [9.17, 15) is 4.79 Å². The number of piperidine rings is 1. The molecule has 1 fully saturated rings. The van der Waals surface area contributed by atoms with Crippen LogP contribution in [0.5, 0.6) is 0 Å². The monoisotopic (exact) mass is 345 g/mol. The molecule has 0 N–H and O–H groups in total.